The largest absolute Gasteiger partial charge is 0.457 e. The van der Waals surface area contributed by atoms with E-state index in [0.717, 1.165) is 30.5 Å². The van der Waals surface area contributed by atoms with Crippen molar-refractivity contribution >= 4 is 29.1 Å². The van der Waals surface area contributed by atoms with Crippen molar-refractivity contribution in [2.45, 2.75) is 25.9 Å². The molecule has 176 valence electrons. The van der Waals surface area contributed by atoms with Gasteiger partial charge in [0.05, 0.1) is 5.56 Å². The smallest absolute Gasteiger partial charge is 0.416 e. The van der Waals surface area contributed by atoms with Crippen molar-refractivity contribution < 1.29 is 27.5 Å². The Kier molecular flexibility index (Phi) is 6.40. The van der Waals surface area contributed by atoms with E-state index in [9.17, 15) is 22.8 Å². The molecular formula is C24H21F3N4O3. The zero-order valence-corrected chi connectivity index (χ0v) is 18.1. The average Bonchev–Trinajstić information content (AvgIpc) is 3.62. The van der Waals surface area contributed by atoms with Gasteiger partial charge in [0.15, 0.2) is 0 Å². The molecule has 4 rings (SSSR count). The number of alkyl halides is 3. The molecule has 3 amide bonds. The van der Waals surface area contributed by atoms with Crippen LogP contribution in [0.3, 0.4) is 0 Å². The minimum absolute atomic E-state index is 0.00921. The average molecular weight is 470 g/mol. The molecule has 0 aliphatic heterocycles. The lowest BCUT2D eigenvalue weighted by atomic mass is 10.2. The lowest BCUT2D eigenvalue weighted by molar-refractivity contribution is -0.137. The highest BCUT2D eigenvalue weighted by Crippen LogP contribution is 2.32. The number of carbonyl (C=O) groups excluding carboxylic acids is 2. The molecule has 1 aliphatic rings. The lowest BCUT2D eigenvalue weighted by Gasteiger charge is -2.14. The molecule has 1 aromatic heterocycles. The number of nitrogens with one attached hydrogen (secondary N) is 3. The van der Waals surface area contributed by atoms with Crippen molar-refractivity contribution in [3.05, 3.63) is 71.9 Å². The Morgan fingerprint density at radius 2 is 1.74 bits per heavy atom. The fourth-order valence-electron chi connectivity index (χ4n) is 3.11. The molecule has 0 bridgehead atoms. The van der Waals surface area contributed by atoms with Crippen LogP contribution in [0, 0.1) is 12.8 Å². The Bertz CT molecular complexity index is 1230. The van der Waals surface area contributed by atoms with Crippen LogP contribution in [-0.2, 0) is 11.0 Å². The van der Waals surface area contributed by atoms with E-state index in [4.69, 9.17) is 4.74 Å². The molecule has 1 fully saturated rings. The van der Waals surface area contributed by atoms with Crippen molar-refractivity contribution in [3.8, 4) is 11.5 Å². The van der Waals surface area contributed by atoms with Gasteiger partial charge in [-0.1, -0.05) is 12.1 Å². The van der Waals surface area contributed by atoms with Crippen molar-refractivity contribution in [3.63, 3.8) is 0 Å². The first-order chi connectivity index (χ1) is 16.2. The Hall–Kier alpha value is -4.08. The summed E-state index contributed by atoms with van der Waals surface area (Å²) in [4.78, 5) is 28.4. The summed E-state index contributed by atoms with van der Waals surface area (Å²) in [5.74, 6) is 1.19. The Labute approximate surface area is 193 Å². The van der Waals surface area contributed by atoms with Gasteiger partial charge in [0.2, 0.25) is 5.91 Å². The van der Waals surface area contributed by atoms with Crippen LogP contribution < -0.4 is 20.7 Å². The molecule has 0 saturated heterocycles. The number of aryl methyl sites for hydroxylation is 1. The summed E-state index contributed by atoms with van der Waals surface area (Å²) in [6.07, 6.45) is -1.25. The number of halogens is 3. The van der Waals surface area contributed by atoms with Crippen molar-refractivity contribution in [2.24, 2.45) is 5.92 Å². The molecule has 1 heterocycles. The quantitative estimate of drug-likeness (QED) is 0.400. The summed E-state index contributed by atoms with van der Waals surface area (Å²) in [6.45, 7) is 1.77. The monoisotopic (exact) mass is 470 g/mol. The molecule has 0 radical (unpaired) electrons. The van der Waals surface area contributed by atoms with Gasteiger partial charge in [0.25, 0.3) is 0 Å². The summed E-state index contributed by atoms with van der Waals surface area (Å²) in [5.41, 5.74) is 0.286. The standard InChI is InChI=1S/C24H21F3N4O3/c1-14-5-8-18(34-19-9-10-28-21(13-19)31-22(32)15-6-7-15)12-20(14)30-23(33)29-17-4-2-3-16(11-17)24(25,26)27/h2-5,8-13,15H,6-7H2,1H3,(H,28,31,32)(H2,29,30,33). The van der Waals surface area contributed by atoms with E-state index in [1.54, 1.807) is 37.3 Å². The van der Waals surface area contributed by atoms with Gasteiger partial charge >= 0.3 is 12.2 Å². The van der Waals surface area contributed by atoms with Crippen LogP contribution in [0.15, 0.2) is 60.8 Å². The predicted octanol–water partition coefficient (Wildman–Crippen LogP) is 6.19. The van der Waals surface area contributed by atoms with Gasteiger partial charge in [0.1, 0.15) is 17.3 Å². The summed E-state index contributed by atoms with van der Waals surface area (Å²) < 4.78 is 44.5. The van der Waals surface area contributed by atoms with Crippen LogP contribution in [0.2, 0.25) is 0 Å². The van der Waals surface area contributed by atoms with Crippen molar-refractivity contribution in [2.75, 3.05) is 16.0 Å². The van der Waals surface area contributed by atoms with Crippen LogP contribution >= 0.6 is 0 Å². The van der Waals surface area contributed by atoms with E-state index in [0.29, 0.717) is 23.0 Å². The summed E-state index contributed by atoms with van der Waals surface area (Å²) in [5, 5.41) is 7.77. The summed E-state index contributed by atoms with van der Waals surface area (Å²) in [7, 11) is 0. The van der Waals surface area contributed by atoms with E-state index in [2.05, 4.69) is 20.9 Å². The Morgan fingerprint density at radius 3 is 2.47 bits per heavy atom. The van der Waals surface area contributed by atoms with E-state index in [1.807, 2.05) is 0 Å². The van der Waals surface area contributed by atoms with Gasteiger partial charge in [-0.15, -0.1) is 0 Å². The normalized spacial score (nSPS) is 13.2. The molecular weight excluding hydrogens is 449 g/mol. The highest BCUT2D eigenvalue weighted by atomic mass is 19.4. The number of hydrogen-bond acceptors (Lipinski definition) is 4. The van der Waals surface area contributed by atoms with Crippen molar-refractivity contribution in [1.82, 2.24) is 4.98 Å². The number of urea groups is 1. The number of pyridine rings is 1. The topological polar surface area (TPSA) is 92.3 Å². The van der Waals surface area contributed by atoms with Gasteiger partial charge in [-0.25, -0.2) is 9.78 Å². The molecule has 3 N–H and O–H groups in total. The number of hydrogen-bond donors (Lipinski definition) is 3. The third-order valence-electron chi connectivity index (χ3n) is 5.07. The van der Waals surface area contributed by atoms with E-state index < -0.39 is 17.8 Å². The second-order valence-corrected chi connectivity index (χ2v) is 7.88. The van der Waals surface area contributed by atoms with Crippen LogP contribution in [0.1, 0.15) is 24.0 Å². The molecule has 2 aromatic carbocycles. The molecule has 34 heavy (non-hydrogen) atoms. The van der Waals surface area contributed by atoms with E-state index in [1.165, 1.54) is 18.3 Å². The van der Waals surface area contributed by atoms with E-state index >= 15 is 0 Å². The molecule has 1 aliphatic carbocycles. The maximum absolute atomic E-state index is 12.9. The first kappa shape index (κ1) is 23.1. The number of anilines is 3. The van der Waals surface area contributed by atoms with Crippen LogP contribution in [0.5, 0.6) is 11.5 Å². The first-order valence-corrected chi connectivity index (χ1v) is 10.5. The van der Waals surface area contributed by atoms with Gasteiger partial charge in [-0.2, -0.15) is 13.2 Å². The molecule has 1 saturated carbocycles. The number of benzene rings is 2. The number of amides is 3. The number of nitrogens with zero attached hydrogens (tertiary/aromatic N) is 1. The number of aromatic nitrogens is 1. The fraction of sp³-hybridized carbons (Fsp3) is 0.208. The highest BCUT2D eigenvalue weighted by Gasteiger charge is 2.31. The zero-order valence-electron chi connectivity index (χ0n) is 18.1. The maximum atomic E-state index is 12.9. The molecule has 3 aromatic rings. The zero-order chi connectivity index (χ0) is 24.3. The lowest BCUT2D eigenvalue weighted by Crippen LogP contribution is -2.20. The van der Waals surface area contributed by atoms with Crippen LogP contribution in [0.25, 0.3) is 0 Å². The Morgan fingerprint density at radius 1 is 0.971 bits per heavy atom. The molecule has 10 heteroatoms. The molecule has 0 atom stereocenters. The summed E-state index contributed by atoms with van der Waals surface area (Å²) in [6, 6.07) is 11.9. The highest BCUT2D eigenvalue weighted by molar-refractivity contribution is 6.00. The maximum Gasteiger partial charge on any atom is 0.416 e. The molecule has 0 spiro atoms. The molecule has 0 unspecified atom stereocenters. The van der Waals surface area contributed by atoms with Crippen LogP contribution in [-0.4, -0.2) is 16.9 Å². The third kappa shape index (κ3) is 6.03. The first-order valence-electron chi connectivity index (χ1n) is 10.5. The van der Waals surface area contributed by atoms with Gasteiger partial charge in [-0.3, -0.25) is 4.79 Å². The van der Waals surface area contributed by atoms with Crippen LogP contribution in [0.4, 0.5) is 35.2 Å². The Balaban J connectivity index is 1.42. The minimum Gasteiger partial charge on any atom is -0.457 e. The molecule has 7 nitrogen and oxygen atoms in total. The second kappa shape index (κ2) is 9.42. The number of ether oxygens (including phenoxy) is 1. The second-order valence-electron chi connectivity index (χ2n) is 7.88. The van der Waals surface area contributed by atoms with Gasteiger partial charge < -0.3 is 20.7 Å². The minimum atomic E-state index is -4.51. The van der Waals surface area contributed by atoms with Crippen molar-refractivity contribution in [1.29, 1.82) is 0 Å². The third-order valence-corrected chi connectivity index (χ3v) is 5.07. The van der Waals surface area contributed by atoms with E-state index in [-0.39, 0.29) is 17.5 Å². The number of rotatable bonds is 6. The van der Waals surface area contributed by atoms with Gasteiger partial charge in [-0.05, 0) is 55.7 Å². The SMILES string of the molecule is Cc1ccc(Oc2ccnc(NC(=O)C3CC3)c2)cc1NC(=O)Nc1cccc(C(F)(F)F)c1. The summed E-state index contributed by atoms with van der Waals surface area (Å²) >= 11 is 0. The predicted molar refractivity (Wildman–Crippen MR) is 121 cm³/mol. The van der Waals surface area contributed by atoms with Gasteiger partial charge in [0, 0.05) is 35.6 Å². The number of carbonyl (C=O) groups is 2. The fourth-order valence-corrected chi connectivity index (χ4v) is 3.11.